The van der Waals surface area contributed by atoms with Gasteiger partial charge in [0.15, 0.2) is 0 Å². The number of hydrogen-bond donors (Lipinski definition) is 0. The van der Waals surface area contributed by atoms with E-state index in [0.29, 0.717) is 17.9 Å². The summed E-state index contributed by atoms with van der Waals surface area (Å²) >= 11 is 0. The highest BCUT2D eigenvalue weighted by atomic mass is 16.5. The molecule has 0 aromatic carbocycles. The van der Waals surface area contributed by atoms with Crippen molar-refractivity contribution in [1.82, 2.24) is 9.88 Å². The van der Waals surface area contributed by atoms with Crippen LogP contribution in [0.2, 0.25) is 0 Å². The number of nitrogens with zero attached hydrogens (tertiary/aromatic N) is 2. The first-order valence-electron chi connectivity index (χ1n) is 15.1. The molecule has 3 atom stereocenters. The van der Waals surface area contributed by atoms with Crippen LogP contribution in [0.4, 0.5) is 0 Å². The van der Waals surface area contributed by atoms with Crippen LogP contribution in [0, 0.1) is 5.92 Å². The molecule has 0 spiro atoms. The lowest BCUT2D eigenvalue weighted by atomic mass is 9.86. The second kappa shape index (κ2) is 15.8. The van der Waals surface area contributed by atoms with Gasteiger partial charge in [-0.3, -0.25) is 4.98 Å². The molecule has 0 radical (unpaired) electrons. The Morgan fingerprint density at radius 3 is 2.42 bits per heavy atom. The van der Waals surface area contributed by atoms with E-state index in [9.17, 15) is 0 Å². The monoisotopic (exact) mass is 520 g/mol. The molecule has 0 saturated heterocycles. The highest BCUT2D eigenvalue weighted by Gasteiger charge is 2.31. The number of fused-ring (bicyclic) bond motifs is 1. The minimum atomic E-state index is 0.369. The summed E-state index contributed by atoms with van der Waals surface area (Å²) in [5, 5.41) is 0. The Hall–Kier alpha value is -2.49. The molecule has 3 rings (SSSR count). The van der Waals surface area contributed by atoms with E-state index >= 15 is 0 Å². The van der Waals surface area contributed by atoms with Crippen molar-refractivity contribution >= 4 is 0 Å². The molecule has 1 aliphatic heterocycles. The third-order valence-corrected chi connectivity index (χ3v) is 8.62. The van der Waals surface area contributed by atoms with Crippen molar-refractivity contribution in [1.29, 1.82) is 0 Å². The van der Waals surface area contributed by atoms with E-state index in [-0.39, 0.29) is 0 Å². The van der Waals surface area contributed by atoms with Gasteiger partial charge in [-0.15, -0.1) is 13.2 Å². The van der Waals surface area contributed by atoms with Crippen LogP contribution in [0.5, 0.6) is 5.75 Å². The Balaban J connectivity index is 1.87. The minimum absolute atomic E-state index is 0.369. The lowest BCUT2D eigenvalue weighted by Crippen LogP contribution is -2.41. The molecule has 38 heavy (non-hydrogen) atoms. The molecular weight excluding hydrogens is 468 g/mol. The fourth-order valence-electron chi connectivity index (χ4n) is 6.35. The molecule has 0 saturated carbocycles. The zero-order chi connectivity index (χ0) is 27.3. The molecule has 4 nitrogen and oxygen atoms in total. The summed E-state index contributed by atoms with van der Waals surface area (Å²) in [5.74, 6) is 3.09. The quantitative estimate of drug-likeness (QED) is 0.321. The van der Waals surface area contributed by atoms with Gasteiger partial charge in [0.05, 0.1) is 26.0 Å². The van der Waals surface area contributed by atoms with E-state index in [1.807, 2.05) is 19.4 Å². The molecule has 0 bridgehead atoms. The van der Waals surface area contributed by atoms with Crippen molar-refractivity contribution < 1.29 is 9.47 Å². The smallest absolute Gasteiger partial charge is 0.125 e. The number of ether oxygens (including phenoxy) is 2. The first-order chi connectivity index (χ1) is 18.6. The van der Waals surface area contributed by atoms with Crippen molar-refractivity contribution in [3.8, 4) is 5.75 Å². The summed E-state index contributed by atoms with van der Waals surface area (Å²) in [6.07, 6.45) is 23.3. The molecule has 1 aromatic rings. The van der Waals surface area contributed by atoms with Crippen molar-refractivity contribution in [2.24, 2.45) is 5.92 Å². The standard InChI is InChI=1S/C34H52N2O2/c1-7-17-27-18-13-12-15-19-28-30(36(24-8-2)31(26(4)9-3)25-33(28)38-6)21-16-11-10-14-20-29-32(37-5)22-23-35-34(27)29/h7-8,22-23,25-27,31H,1-2,9-21,24H2,3-6H3. The van der Waals surface area contributed by atoms with Gasteiger partial charge in [-0.25, -0.2) is 0 Å². The highest BCUT2D eigenvalue weighted by molar-refractivity contribution is 5.39. The van der Waals surface area contributed by atoms with Crippen molar-refractivity contribution in [3.63, 3.8) is 0 Å². The fraction of sp³-hybridized carbons (Fsp3) is 0.618. The molecule has 3 unspecified atom stereocenters. The number of methoxy groups -OCH3 is 2. The summed E-state index contributed by atoms with van der Waals surface area (Å²) in [7, 11) is 3.64. The van der Waals surface area contributed by atoms with E-state index in [0.717, 1.165) is 63.0 Å². The normalized spacial score (nSPS) is 22.5. The molecule has 0 N–H and O–H groups in total. The Morgan fingerprint density at radius 2 is 1.74 bits per heavy atom. The van der Waals surface area contributed by atoms with E-state index in [4.69, 9.17) is 14.5 Å². The number of rotatable bonds is 8. The van der Waals surface area contributed by atoms with E-state index in [1.165, 1.54) is 61.1 Å². The third kappa shape index (κ3) is 7.55. The van der Waals surface area contributed by atoms with Gasteiger partial charge in [0.25, 0.3) is 0 Å². The third-order valence-electron chi connectivity index (χ3n) is 8.62. The van der Waals surface area contributed by atoms with Gasteiger partial charge < -0.3 is 14.4 Å². The van der Waals surface area contributed by atoms with Gasteiger partial charge in [0.1, 0.15) is 11.5 Å². The number of allylic oxidation sites excluding steroid dienone is 3. The van der Waals surface area contributed by atoms with E-state index in [1.54, 1.807) is 7.11 Å². The van der Waals surface area contributed by atoms with Crippen LogP contribution in [0.3, 0.4) is 0 Å². The molecule has 1 aliphatic carbocycles. The average molecular weight is 521 g/mol. The maximum absolute atomic E-state index is 6.05. The number of aromatic nitrogens is 1. The fourth-order valence-corrected chi connectivity index (χ4v) is 6.35. The summed E-state index contributed by atoms with van der Waals surface area (Å²) in [5.41, 5.74) is 5.48. The van der Waals surface area contributed by atoms with Gasteiger partial charge in [0.2, 0.25) is 0 Å². The van der Waals surface area contributed by atoms with Crippen LogP contribution in [0.25, 0.3) is 0 Å². The summed E-state index contributed by atoms with van der Waals surface area (Å²) in [6, 6.07) is 2.40. The molecule has 1 aromatic heterocycles. The highest BCUT2D eigenvalue weighted by Crippen LogP contribution is 2.38. The maximum atomic E-state index is 6.05. The van der Waals surface area contributed by atoms with Crippen LogP contribution in [-0.4, -0.2) is 36.7 Å². The average Bonchev–Trinajstić information content (AvgIpc) is 2.94. The number of pyridine rings is 1. The zero-order valence-electron chi connectivity index (χ0n) is 24.6. The summed E-state index contributed by atoms with van der Waals surface area (Å²) in [6.45, 7) is 13.7. The molecule has 0 fully saturated rings. The number of hydrogen-bond acceptors (Lipinski definition) is 4. The minimum Gasteiger partial charge on any atom is -0.497 e. The molecule has 4 heteroatoms. The van der Waals surface area contributed by atoms with Crippen molar-refractivity contribution in [3.05, 3.63) is 71.9 Å². The first kappa shape index (κ1) is 30.1. The first-order valence-corrected chi connectivity index (χ1v) is 15.1. The molecule has 2 heterocycles. The van der Waals surface area contributed by atoms with Gasteiger partial charge in [-0.2, -0.15) is 0 Å². The second-order valence-corrected chi connectivity index (χ2v) is 11.1. The van der Waals surface area contributed by atoms with Crippen LogP contribution in [0.1, 0.15) is 108 Å². The van der Waals surface area contributed by atoms with E-state index in [2.05, 4.69) is 50.1 Å². The molecule has 0 amide bonds. The maximum Gasteiger partial charge on any atom is 0.125 e. The van der Waals surface area contributed by atoms with E-state index < -0.39 is 0 Å². The molecule has 210 valence electrons. The Labute approximate surface area is 232 Å². The van der Waals surface area contributed by atoms with Gasteiger partial charge in [0, 0.05) is 35.5 Å². The van der Waals surface area contributed by atoms with Crippen LogP contribution < -0.4 is 4.74 Å². The predicted molar refractivity (Wildman–Crippen MR) is 160 cm³/mol. The van der Waals surface area contributed by atoms with Crippen LogP contribution >= 0.6 is 0 Å². The lowest BCUT2D eigenvalue weighted by molar-refractivity contribution is 0.206. The Morgan fingerprint density at radius 1 is 1.00 bits per heavy atom. The Kier molecular flexibility index (Phi) is 12.5. The largest absolute Gasteiger partial charge is 0.497 e. The predicted octanol–water partition coefficient (Wildman–Crippen LogP) is 8.91. The SMILES string of the molecule is C=CCC1CCCCCC2=C(CCCCCCc3c(OC)ccnc31)N(CC=C)C(C(C)CC)C=C2OC. The summed E-state index contributed by atoms with van der Waals surface area (Å²) < 4.78 is 11.8. The Bertz CT molecular complexity index is 963. The topological polar surface area (TPSA) is 34.6 Å². The van der Waals surface area contributed by atoms with Crippen molar-refractivity contribution in [2.75, 3.05) is 20.8 Å². The molecule has 2 aliphatic rings. The van der Waals surface area contributed by atoms with Crippen LogP contribution in [-0.2, 0) is 11.2 Å². The molecular formula is C34H52N2O2. The van der Waals surface area contributed by atoms with Gasteiger partial charge in [-0.1, -0.05) is 58.1 Å². The lowest BCUT2D eigenvalue weighted by Gasteiger charge is -2.41. The van der Waals surface area contributed by atoms with Gasteiger partial charge >= 0.3 is 0 Å². The van der Waals surface area contributed by atoms with Gasteiger partial charge in [-0.05, 0) is 69.4 Å². The zero-order valence-corrected chi connectivity index (χ0v) is 24.6. The second-order valence-electron chi connectivity index (χ2n) is 11.1. The summed E-state index contributed by atoms with van der Waals surface area (Å²) in [4.78, 5) is 7.52. The van der Waals surface area contributed by atoms with Crippen LogP contribution in [0.15, 0.2) is 60.7 Å². The van der Waals surface area contributed by atoms with Crippen molar-refractivity contribution in [2.45, 2.75) is 109 Å².